The lowest BCUT2D eigenvalue weighted by Gasteiger charge is -2.15. The number of H-pyrrole nitrogens is 2. The Morgan fingerprint density at radius 3 is 0.821 bits per heavy atom. The third-order valence-electron chi connectivity index (χ3n) is 14.8. The number of hydrogen-bond acceptors (Lipinski definition) is 16. The van der Waals surface area contributed by atoms with Gasteiger partial charge >= 0.3 is 0 Å². The molecule has 3 aromatic heterocycles. The minimum atomic E-state index is -0.236. The number of aliphatic hydroxyl groups excluding tert-OH is 2. The van der Waals surface area contributed by atoms with E-state index in [2.05, 4.69) is 51.5 Å². The summed E-state index contributed by atoms with van der Waals surface area (Å²) < 4.78 is 52.2. The van der Waals surface area contributed by atoms with Crippen LogP contribution in [0, 0.1) is 0 Å². The monoisotopic (exact) mass is 1150 g/mol. The molecule has 0 aliphatic carbocycles. The number of aromatic amines is 2. The van der Waals surface area contributed by atoms with Crippen LogP contribution in [0.15, 0.2) is 48.5 Å². The van der Waals surface area contributed by atoms with Crippen molar-refractivity contribution in [1.82, 2.24) is 39.9 Å². The largest absolute Gasteiger partial charge is 0.490 e. The molecule has 0 spiro atoms. The molecule has 4 aromatic carbocycles. The molecule has 4 N–H and O–H groups in total. The Bertz CT molecular complexity index is 3250. The molecule has 0 saturated heterocycles. The molecule has 0 fully saturated rings. The molecule has 5 heterocycles. The lowest BCUT2D eigenvalue weighted by Crippen LogP contribution is -2.04. The molecule has 2 aliphatic heterocycles. The Hall–Kier alpha value is -7.44. The van der Waals surface area contributed by atoms with Crippen LogP contribution < -0.4 is 37.9 Å². The maximum atomic E-state index is 10.1. The van der Waals surface area contributed by atoms with E-state index in [4.69, 9.17) is 67.8 Å². The van der Waals surface area contributed by atoms with Crippen molar-refractivity contribution >= 4 is 44.1 Å². The van der Waals surface area contributed by atoms with E-state index >= 15 is 0 Å². The number of ether oxygens (including phenoxy) is 8. The van der Waals surface area contributed by atoms with E-state index in [1.54, 1.807) is 12.1 Å². The first kappa shape index (κ1) is 61.1. The number of aromatic nitrogens is 8. The normalized spacial score (nSPS) is 11.7. The number of rotatable bonds is 36. The van der Waals surface area contributed by atoms with Gasteiger partial charge in [0, 0.05) is 33.0 Å². The van der Waals surface area contributed by atoms with Crippen LogP contribution in [0.5, 0.6) is 46.0 Å². The minimum absolute atomic E-state index is 0.00291. The molecule has 0 saturated carbocycles. The van der Waals surface area contributed by atoms with Gasteiger partial charge in [0.2, 0.25) is 0 Å². The summed E-state index contributed by atoms with van der Waals surface area (Å²) in [5.41, 5.74) is 4.29. The second kappa shape index (κ2) is 30.9. The Morgan fingerprint density at radius 2 is 0.548 bits per heavy atom. The third-order valence-corrected chi connectivity index (χ3v) is 14.8. The predicted octanol–water partition coefficient (Wildman–Crippen LogP) is 15.0. The number of nitrogens with one attached hydrogen (secondary N) is 2. The van der Waals surface area contributed by atoms with Crippen LogP contribution in [-0.4, -0.2) is 116 Å². The lowest BCUT2D eigenvalue weighted by atomic mass is 10.1. The summed E-state index contributed by atoms with van der Waals surface area (Å²) in [5, 5.41) is 22.7. The van der Waals surface area contributed by atoms with Crippen molar-refractivity contribution in [3.05, 3.63) is 48.5 Å². The Kier molecular flexibility index (Phi) is 22.5. The zero-order valence-electron chi connectivity index (χ0n) is 50.3. The highest BCUT2D eigenvalue weighted by atomic mass is 16.5. The standard InChI is InChI=1S/C66H86N8O10/c1-7-13-19-29-77-51-37-43-44(38-52(51)78-30-20-14-8-2)60-67-59(43)68-61-45-39-53(79-31-21-15-9-3)55(81-33-23-17-11-5)41-47(45)63(70-61)72-65-57-49(83-35-27-75)25-26-50(84-36-28-76)58(57)66(74-65)73-64-48-42-56(82-34-24-18-12-6)54(80-32-22-16-10-4)40-46(48)62(69-60)71-64/h25-26,37-42,75-76H,7-24,27-36H2,1-6H3,(H2,67,68,69,70,71,72,73,74). The fourth-order valence-electron chi connectivity index (χ4n) is 10.3. The van der Waals surface area contributed by atoms with Crippen LogP contribution in [0.3, 0.4) is 0 Å². The first-order valence-corrected chi connectivity index (χ1v) is 31.1. The van der Waals surface area contributed by atoms with Crippen molar-refractivity contribution in [1.29, 1.82) is 0 Å². The van der Waals surface area contributed by atoms with Gasteiger partial charge in [-0.05, 0) is 87.1 Å². The van der Waals surface area contributed by atoms with Crippen molar-refractivity contribution in [2.24, 2.45) is 0 Å². The topological polar surface area (TPSA) is 223 Å². The molecule has 84 heavy (non-hydrogen) atoms. The minimum Gasteiger partial charge on any atom is -0.490 e. The maximum Gasteiger partial charge on any atom is 0.164 e. The summed E-state index contributed by atoms with van der Waals surface area (Å²) >= 11 is 0. The molecule has 9 rings (SSSR count). The number of aliphatic hydroxyl groups is 2. The highest BCUT2D eigenvalue weighted by Crippen LogP contribution is 2.47. The van der Waals surface area contributed by atoms with Gasteiger partial charge in [-0.15, -0.1) is 0 Å². The first-order valence-electron chi connectivity index (χ1n) is 31.1. The second-order valence-corrected chi connectivity index (χ2v) is 21.4. The highest BCUT2D eigenvalue weighted by Gasteiger charge is 2.28. The Morgan fingerprint density at radius 1 is 0.298 bits per heavy atom. The number of nitrogens with zero attached hydrogens (tertiary/aromatic N) is 6. The highest BCUT2D eigenvalue weighted by molar-refractivity contribution is 6.12. The molecule has 0 amide bonds. The van der Waals surface area contributed by atoms with Gasteiger partial charge in [-0.1, -0.05) is 119 Å². The summed E-state index contributed by atoms with van der Waals surface area (Å²) in [6.45, 7) is 15.6. The zero-order chi connectivity index (χ0) is 58.6. The maximum absolute atomic E-state index is 10.1. The second-order valence-electron chi connectivity index (χ2n) is 21.4. The fourth-order valence-corrected chi connectivity index (χ4v) is 10.3. The molecule has 7 aromatic rings. The van der Waals surface area contributed by atoms with E-state index in [-0.39, 0.29) is 26.4 Å². The molecule has 8 bridgehead atoms. The molecular weight excluding hydrogens is 1060 g/mol. The van der Waals surface area contributed by atoms with E-state index in [0.29, 0.717) is 165 Å². The summed E-state index contributed by atoms with van der Waals surface area (Å²) in [4.78, 5) is 39.4. The number of hydrogen-bond donors (Lipinski definition) is 4. The SMILES string of the molecule is CCCCCOc1cc2c(cc1OCCCCC)-c1nc-2nc2[nH]c(nc3nc(nc4[nH]c(n1)c1c(OCCO)ccc(OCCO)c41)-c1cc(OCCCCC)c(OCCCCC)cc1-3)c1cc(OCCCCC)c(OCCCCC)cc21. The Balaban J connectivity index is 1.41. The molecule has 0 atom stereocenters. The van der Waals surface area contributed by atoms with Crippen LogP contribution in [0.1, 0.15) is 157 Å². The number of unbranched alkanes of at least 4 members (excludes halogenated alkanes) is 12. The van der Waals surface area contributed by atoms with Crippen LogP contribution in [-0.2, 0) is 0 Å². The lowest BCUT2D eigenvalue weighted by molar-refractivity contribution is 0.200. The third kappa shape index (κ3) is 14.7. The summed E-state index contributed by atoms with van der Waals surface area (Å²) in [6.07, 6.45) is 17.7. The fraction of sp³-hybridized carbons (Fsp3) is 0.515. The van der Waals surface area contributed by atoms with E-state index in [0.717, 1.165) is 126 Å². The van der Waals surface area contributed by atoms with E-state index in [1.165, 1.54) is 0 Å². The van der Waals surface area contributed by atoms with Crippen LogP contribution in [0.2, 0.25) is 0 Å². The summed E-state index contributed by atoms with van der Waals surface area (Å²) in [7, 11) is 0. The van der Waals surface area contributed by atoms with Crippen molar-refractivity contribution < 1.29 is 48.1 Å². The molecule has 2 aliphatic rings. The van der Waals surface area contributed by atoms with Crippen LogP contribution in [0.4, 0.5) is 0 Å². The van der Waals surface area contributed by atoms with Crippen LogP contribution in [0.25, 0.3) is 89.7 Å². The molecular formula is C66H86N8O10. The molecule has 18 heteroatoms. The predicted molar refractivity (Wildman–Crippen MR) is 331 cm³/mol. The van der Waals surface area contributed by atoms with Crippen molar-refractivity contribution in [3.63, 3.8) is 0 Å². The molecule has 18 nitrogen and oxygen atoms in total. The Labute approximate surface area is 493 Å². The average Bonchev–Trinajstić information content (AvgIpc) is 2.38. The zero-order valence-corrected chi connectivity index (χ0v) is 50.3. The van der Waals surface area contributed by atoms with E-state index in [9.17, 15) is 10.2 Å². The van der Waals surface area contributed by atoms with Gasteiger partial charge in [-0.2, -0.15) is 0 Å². The first-order chi connectivity index (χ1) is 41.3. The van der Waals surface area contributed by atoms with Gasteiger partial charge in [0.1, 0.15) is 47.3 Å². The molecule has 0 radical (unpaired) electrons. The van der Waals surface area contributed by atoms with Crippen molar-refractivity contribution in [3.8, 4) is 91.5 Å². The summed E-state index contributed by atoms with van der Waals surface area (Å²) in [5.74, 6) is 5.74. The van der Waals surface area contributed by atoms with E-state index < -0.39 is 0 Å². The quantitative estimate of drug-likeness (QED) is 0.0268. The average molecular weight is 1150 g/mol. The van der Waals surface area contributed by atoms with Crippen molar-refractivity contribution in [2.75, 3.05) is 66.1 Å². The smallest absolute Gasteiger partial charge is 0.164 e. The van der Waals surface area contributed by atoms with Gasteiger partial charge in [-0.3, -0.25) is 0 Å². The van der Waals surface area contributed by atoms with Crippen LogP contribution >= 0.6 is 0 Å². The summed E-state index contributed by atoms with van der Waals surface area (Å²) in [6, 6.07) is 15.4. The van der Waals surface area contributed by atoms with Gasteiger partial charge in [0.15, 0.2) is 57.8 Å². The van der Waals surface area contributed by atoms with Gasteiger partial charge < -0.3 is 58.1 Å². The van der Waals surface area contributed by atoms with Gasteiger partial charge in [0.05, 0.1) is 63.6 Å². The van der Waals surface area contributed by atoms with Crippen molar-refractivity contribution in [2.45, 2.75) is 157 Å². The molecule has 450 valence electrons. The van der Waals surface area contributed by atoms with Gasteiger partial charge in [-0.25, -0.2) is 29.9 Å². The number of fused-ring (bicyclic) bond motifs is 20. The van der Waals surface area contributed by atoms with Gasteiger partial charge in [0.25, 0.3) is 0 Å². The van der Waals surface area contributed by atoms with E-state index in [1.807, 2.05) is 36.4 Å². The number of benzene rings is 4. The molecule has 0 unspecified atom stereocenters.